The van der Waals surface area contributed by atoms with Gasteiger partial charge in [0.15, 0.2) is 0 Å². The summed E-state index contributed by atoms with van der Waals surface area (Å²) in [6, 6.07) is 8.48. The van der Waals surface area contributed by atoms with Gasteiger partial charge in [-0.05, 0) is 43.5 Å². The molecule has 0 unspecified atom stereocenters. The van der Waals surface area contributed by atoms with Gasteiger partial charge in [0.25, 0.3) is 0 Å². The molecule has 0 aromatic heterocycles. The Morgan fingerprint density at radius 1 is 1.05 bits per heavy atom. The molecule has 1 aromatic rings. The topological polar surface area (TPSA) is 3.24 Å². The summed E-state index contributed by atoms with van der Waals surface area (Å²) in [4.78, 5) is 2.36. The largest absolute Gasteiger partial charge is 0.367 e. The molecule has 0 radical (unpaired) electrons. The molecular weight excluding hydrogens is 266 g/mol. The zero-order chi connectivity index (χ0) is 17.5. The van der Waals surface area contributed by atoms with Crippen molar-refractivity contribution in [2.45, 2.75) is 48.5 Å². The lowest BCUT2D eigenvalue weighted by molar-refractivity contribution is 0.880. The van der Waals surface area contributed by atoms with Crippen molar-refractivity contribution in [1.29, 1.82) is 0 Å². The van der Waals surface area contributed by atoms with E-state index in [1.54, 1.807) is 0 Å². The van der Waals surface area contributed by atoms with Crippen LogP contribution < -0.4 is 4.90 Å². The van der Waals surface area contributed by atoms with Gasteiger partial charge in [-0.3, -0.25) is 0 Å². The summed E-state index contributed by atoms with van der Waals surface area (Å²) in [5, 5.41) is 0. The SMILES string of the molecule is C=C/C(C)=C(\C=C)CN(CC)c1ccccc1C.CC.CC. The molecule has 0 amide bonds. The van der Waals surface area contributed by atoms with Crippen LogP contribution in [0.4, 0.5) is 5.69 Å². The maximum atomic E-state index is 3.90. The molecule has 0 spiro atoms. The maximum Gasteiger partial charge on any atom is 0.0431 e. The summed E-state index contributed by atoms with van der Waals surface area (Å²) in [6.07, 6.45) is 3.82. The Bertz CT molecular complexity index is 455. The maximum absolute atomic E-state index is 3.90. The number of allylic oxidation sites excluding steroid dienone is 2. The number of nitrogens with zero attached hydrogens (tertiary/aromatic N) is 1. The third-order valence-corrected chi connectivity index (χ3v) is 3.26. The molecule has 0 saturated heterocycles. The Kier molecular flexibility index (Phi) is 14.5. The molecule has 0 atom stereocenters. The molecule has 22 heavy (non-hydrogen) atoms. The Labute approximate surface area is 139 Å². The van der Waals surface area contributed by atoms with Gasteiger partial charge < -0.3 is 4.90 Å². The zero-order valence-electron chi connectivity index (χ0n) is 15.7. The minimum absolute atomic E-state index is 0.878. The predicted molar refractivity (Wildman–Crippen MR) is 105 cm³/mol. The van der Waals surface area contributed by atoms with Crippen LogP contribution in [0.25, 0.3) is 0 Å². The number of anilines is 1. The molecule has 0 bridgehead atoms. The molecule has 0 fully saturated rings. The van der Waals surface area contributed by atoms with E-state index in [0.717, 1.165) is 13.1 Å². The van der Waals surface area contributed by atoms with Gasteiger partial charge >= 0.3 is 0 Å². The Morgan fingerprint density at radius 3 is 2.00 bits per heavy atom. The van der Waals surface area contributed by atoms with Crippen LogP contribution in [0, 0.1) is 6.92 Å². The number of likely N-dealkylation sites (N-methyl/N-ethyl adjacent to an activating group) is 1. The second-order valence-corrected chi connectivity index (χ2v) is 4.42. The van der Waals surface area contributed by atoms with Crippen molar-refractivity contribution in [2.24, 2.45) is 0 Å². The van der Waals surface area contributed by atoms with Gasteiger partial charge in [-0.1, -0.05) is 71.2 Å². The van der Waals surface area contributed by atoms with Crippen molar-refractivity contribution < 1.29 is 0 Å². The lowest BCUT2D eigenvalue weighted by Gasteiger charge is -2.26. The van der Waals surface area contributed by atoms with E-state index in [2.05, 4.69) is 63.1 Å². The number of benzene rings is 1. The molecule has 1 heteroatoms. The molecule has 124 valence electrons. The number of hydrogen-bond acceptors (Lipinski definition) is 1. The van der Waals surface area contributed by atoms with Crippen molar-refractivity contribution in [2.75, 3.05) is 18.0 Å². The monoisotopic (exact) mass is 301 g/mol. The van der Waals surface area contributed by atoms with Crippen LogP contribution in [0.1, 0.15) is 47.1 Å². The normalized spacial score (nSPS) is 10.1. The van der Waals surface area contributed by atoms with Gasteiger partial charge in [0.1, 0.15) is 0 Å². The van der Waals surface area contributed by atoms with E-state index in [1.807, 2.05) is 39.8 Å². The first-order chi connectivity index (χ1) is 10.6. The summed E-state index contributed by atoms with van der Waals surface area (Å²) < 4.78 is 0. The highest BCUT2D eigenvalue weighted by atomic mass is 15.1. The predicted octanol–water partition coefficient (Wildman–Crippen LogP) is 6.56. The molecule has 0 aliphatic heterocycles. The first-order valence-corrected chi connectivity index (χ1v) is 8.39. The highest BCUT2D eigenvalue weighted by Crippen LogP contribution is 2.21. The molecule has 0 aliphatic carbocycles. The summed E-state index contributed by atoms with van der Waals surface area (Å²) in [6.45, 7) is 24.0. The van der Waals surface area contributed by atoms with Crippen molar-refractivity contribution >= 4 is 5.69 Å². The van der Waals surface area contributed by atoms with Crippen LogP contribution >= 0.6 is 0 Å². The van der Waals surface area contributed by atoms with Crippen LogP contribution in [0.15, 0.2) is 60.7 Å². The average molecular weight is 302 g/mol. The minimum atomic E-state index is 0.878. The Morgan fingerprint density at radius 2 is 1.59 bits per heavy atom. The smallest absolute Gasteiger partial charge is 0.0431 e. The van der Waals surface area contributed by atoms with Gasteiger partial charge in [0.05, 0.1) is 0 Å². The third-order valence-electron chi connectivity index (χ3n) is 3.26. The quantitative estimate of drug-likeness (QED) is 0.538. The molecule has 0 saturated carbocycles. The van der Waals surface area contributed by atoms with Crippen molar-refractivity contribution in [3.63, 3.8) is 0 Å². The van der Waals surface area contributed by atoms with Crippen LogP contribution in [0.3, 0.4) is 0 Å². The number of hydrogen-bond donors (Lipinski definition) is 0. The number of para-hydroxylation sites is 1. The fourth-order valence-electron chi connectivity index (χ4n) is 1.97. The first kappa shape index (κ1) is 22.5. The lowest BCUT2D eigenvalue weighted by Crippen LogP contribution is -2.26. The molecular formula is C21H35N. The fourth-order valence-corrected chi connectivity index (χ4v) is 1.97. The van der Waals surface area contributed by atoms with Crippen LogP contribution in [-0.4, -0.2) is 13.1 Å². The summed E-state index contributed by atoms with van der Waals surface area (Å²) in [5.41, 5.74) is 5.02. The highest BCUT2D eigenvalue weighted by Gasteiger charge is 2.08. The second kappa shape index (κ2) is 14.2. The van der Waals surface area contributed by atoms with Crippen LogP contribution in [-0.2, 0) is 0 Å². The molecule has 1 aromatic carbocycles. The van der Waals surface area contributed by atoms with Gasteiger partial charge in [-0.2, -0.15) is 0 Å². The summed E-state index contributed by atoms with van der Waals surface area (Å²) in [7, 11) is 0. The van der Waals surface area contributed by atoms with Gasteiger partial charge in [0.2, 0.25) is 0 Å². The molecule has 0 heterocycles. The van der Waals surface area contributed by atoms with Crippen molar-refractivity contribution in [1.82, 2.24) is 0 Å². The van der Waals surface area contributed by atoms with E-state index in [0.29, 0.717) is 0 Å². The molecule has 0 N–H and O–H groups in total. The van der Waals surface area contributed by atoms with E-state index in [9.17, 15) is 0 Å². The summed E-state index contributed by atoms with van der Waals surface area (Å²) >= 11 is 0. The van der Waals surface area contributed by atoms with Gasteiger partial charge in [0, 0.05) is 18.8 Å². The van der Waals surface area contributed by atoms with E-state index in [1.165, 1.54) is 22.4 Å². The molecule has 1 nitrogen and oxygen atoms in total. The Hall–Kier alpha value is -1.76. The van der Waals surface area contributed by atoms with E-state index >= 15 is 0 Å². The fraction of sp³-hybridized carbons (Fsp3) is 0.429. The molecule has 1 rings (SSSR count). The molecule has 0 aliphatic rings. The van der Waals surface area contributed by atoms with Crippen LogP contribution in [0.2, 0.25) is 0 Å². The van der Waals surface area contributed by atoms with E-state index in [-0.39, 0.29) is 0 Å². The van der Waals surface area contributed by atoms with Crippen molar-refractivity contribution in [3.8, 4) is 0 Å². The van der Waals surface area contributed by atoms with E-state index in [4.69, 9.17) is 0 Å². The van der Waals surface area contributed by atoms with Gasteiger partial charge in [-0.25, -0.2) is 0 Å². The second-order valence-electron chi connectivity index (χ2n) is 4.42. The summed E-state index contributed by atoms with van der Waals surface area (Å²) in [5.74, 6) is 0. The standard InChI is InChI=1S/C17H23N.2C2H6/c1-6-14(4)16(7-2)13-18(8-3)17-12-10-9-11-15(17)5;2*1-2/h6-7,9-12H,1-2,8,13H2,3-5H3;2*1-2H3/b16-14+;;. The van der Waals surface area contributed by atoms with Crippen LogP contribution in [0.5, 0.6) is 0 Å². The number of rotatable bonds is 6. The average Bonchev–Trinajstić information content (AvgIpc) is 2.60. The Balaban J connectivity index is 0. The van der Waals surface area contributed by atoms with E-state index < -0.39 is 0 Å². The van der Waals surface area contributed by atoms with Gasteiger partial charge in [-0.15, -0.1) is 0 Å². The van der Waals surface area contributed by atoms with Crippen molar-refractivity contribution in [3.05, 3.63) is 66.3 Å². The number of aryl methyl sites for hydroxylation is 1. The highest BCUT2D eigenvalue weighted by molar-refractivity contribution is 5.54. The minimum Gasteiger partial charge on any atom is -0.367 e. The zero-order valence-corrected chi connectivity index (χ0v) is 15.7. The third kappa shape index (κ3) is 7.31. The lowest BCUT2D eigenvalue weighted by atomic mass is 10.1. The first-order valence-electron chi connectivity index (χ1n) is 8.39.